The number of hydrogen-bond acceptors (Lipinski definition) is 6. The summed E-state index contributed by atoms with van der Waals surface area (Å²) in [4.78, 5) is 6.87. The van der Waals surface area contributed by atoms with Crippen molar-refractivity contribution in [3.05, 3.63) is 60.1 Å². The lowest BCUT2D eigenvalue weighted by molar-refractivity contribution is 0.283. The third-order valence-electron chi connectivity index (χ3n) is 4.68. The largest absolute Gasteiger partial charge is 0.419 e. The van der Waals surface area contributed by atoms with E-state index in [-0.39, 0.29) is 0 Å². The Morgan fingerprint density at radius 1 is 1.12 bits per heavy atom. The van der Waals surface area contributed by atoms with Crippen molar-refractivity contribution in [2.75, 3.05) is 25.0 Å². The lowest BCUT2D eigenvalue weighted by atomic mass is 10.1. The molecule has 0 aliphatic carbocycles. The number of rotatable bonds is 6. The number of aromatic nitrogens is 3. The van der Waals surface area contributed by atoms with Gasteiger partial charge in [-0.15, -0.1) is 10.2 Å². The van der Waals surface area contributed by atoms with Crippen LogP contribution in [0.5, 0.6) is 0 Å². The lowest BCUT2D eigenvalue weighted by Crippen LogP contribution is -2.23. The molecule has 0 unspecified atom stereocenters. The molecule has 1 aliphatic rings. The Hall–Kier alpha value is -2.73. The topological polar surface area (TPSA) is 67.1 Å². The van der Waals surface area contributed by atoms with E-state index in [0.717, 1.165) is 36.7 Å². The quantitative estimate of drug-likeness (QED) is 0.736. The highest BCUT2D eigenvalue weighted by molar-refractivity contribution is 5.51. The van der Waals surface area contributed by atoms with Crippen LogP contribution in [0.4, 0.5) is 5.82 Å². The van der Waals surface area contributed by atoms with Crippen molar-refractivity contribution in [2.45, 2.75) is 19.9 Å². The first-order valence-electron chi connectivity index (χ1n) is 9.04. The van der Waals surface area contributed by atoms with Crippen LogP contribution in [-0.4, -0.2) is 39.7 Å². The Kier molecular flexibility index (Phi) is 4.93. The molecule has 1 aromatic carbocycles. The van der Waals surface area contributed by atoms with Gasteiger partial charge in [-0.3, -0.25) is 4.90 Å². The molecule has 4 rings (SSSR count). The highest BCUT2D eigenvalue weighted by atomic mass is 16.4. The maximum absolute atomic E-state index is 5.82. The monoisotopic (exact) mass is 349 g/mol. The summed E-state index contributed by atoms with van der Waals surface area (Å²) in [6.45, 7) is 5.74. The Labute approximate surface area is 153 Å². The number of anilines is 1. The summed E-state index contributed by atoms with van der Waals surface area (Å²) < 4.78 is 5.82. The molecule has 1 saturated heterocycles. The van der Waals surface area contributed by atoms with Gasteiger partial charge in [-0.05, 0) is 50.1 Å². The zero-order valence-electron chi connectivity index (χ0n) is 14.9. The maximum Gasteiger partial charge on any atom is 0.247 e. The molecular weight excluding hydrogens is 326 g/mol. The first-order valence-corrected chi connectivity index (χ1v) is 9.04. The molecule has 3 aromatic rings. The second-order valence-corrected chi connectivity index (χ2v) is 6.80. The first-order chi connectivity index (χ1) is 12.8. The molecule has 1 aliphatic heterocycles. The number of benzene rings is 1. The fourth-order valence-corrected chi connectivity index (χ4v) is 3.32. The van der Waals surface area contributed by atoms with Crippen molar-refractivity contribution in [2.24, 2.45) is 5.92 Å². The fraction of sp³-hybridized carbons (Fsp3) is 0.350. The number of likely N-dealkylation sites (tertiary alicyclic amines) is 1. The van der Waals surface area contributed by atoms with Crippen LogP contribution in [0.25, 0.3) is 11.5 Å². The lowest BCUT2D eigenvalue weighted by Gasteiger charge is -2.14. The van der Waals surface area contributed by atoms with Crippen LogP contribution in [0.3, 0.4) is 0 Å². The van der Waals surface area contributed by atoms with Gasteiger partial charge in [0, 0.05) is 24.3 Å². The van der Waals surface area contributed by atoms with Crippen LogP contribution >= 0.6 is 0 Å². The highest BCUT2D eigenvalue weighted by Gasteiger charge is 2.24. The number of nitrogens with one attached hydrogen (secondary N) is 1. The van der Waals surface area contributed by atoms with Gasteiger partial charge in [0.05, 0.1) is 6.54 Å². The molecule has 1 fully saturated rings. The van der Waals surface area contributed by atoms with Crippen molar-refractivity contribution in [1.82, 2.24) is 20.1 Å². The minimum atomic E-state index is 0.587. The van der Waals surface area contributed by atoms with Crippen LogP contribution in [-0.2, 0) is 6.54 Å². The molecule has 0 spiro atoms. The van der Waals surface area contributed by atoms with Crippen molar-refractivity contribution >= 4 is 5.82 Å². The van der Waals surface area contributed by atoms with Gasteiger partial charge < -0.3 is 9.73 Å². The van der Waals surface area contributed by atoms with Gasteiger partial charge in [0.1, 0.15) is 5.82 Å². The second kappa shape index (κ2) is 7.66. The van der Waals surface area contributed by atoms with E-state index in [0.29, 0.717) is 24.2 Å². The normalized spacial score (nSPS) is 17.5. The van der Waals surface area contributed by atoms with Crippen molar-refractivity contribution < 1.29 is 4.42 Å². The summed E-state index contributed by atoms with van der Waals surface area (Å²) in [5.74, 6) is 2.82. The minimum absolute atomic E-state index is 0.587. The molecule has 6 heteroatoms. The molecule has 1 atom stereocenters. The summed E-state index contributed by atoms with van der Waals surface area (Å²) in [5.41, 5.74) is 1.99. The van der Waals surface area contributed by atoms with Gasteiger partial charge in [-0.25, -0.2) is 4.98 Å². The molecule has 0 saturated carbocycles. The van der Waals surface area contributed by atoms with E-state index in [9.17, 15) is 0 Å². The van der Waals surface area contributed by atoms with Crippen LogP contribution < -0.4 is 5.32 Å². The van der Waals surface area contributed by atoms with Gasteiger partial charge in [0.15, 0.2) is 0 Å². The molecular formula is C20H23N5O. The average molecular weight is 349 g/mol. The van der Waals surface area contributed by atoms with Crippen LogP contribution in [0.15, 0.2) is 52.9 Å². The van der Waals surface area contributed by atoms with E-state index in [4.69, 9.17) is 4.42 Å². The third-order valence-corrected chi connectivity index (χ3v) is 4.68. The number of nitrogens with zero attached hydrogens (tertiary/aromatic N) is 4. The fourth-order valence-electron chi connectivity index (χ4n) is 3.32. The van der Waals surface area contributed by atoms with E-state index in [2.05, 4.69) is 25.4 Å². The molecule has 6 nitrogen and oxygen atoms in total. The average Bonchev–Trinajstić information content (AvgIpc) is 3.31. The van der Waals surface area contributed by atoms with Crippen molar-refractivity contribution in [3.63, 3.8) is 0 Å². The molecule has 1 N–H and O–H groups in total. The van der Waals surface area contributed by atoms with Gasteiger partial charge in [0.25, 0.3) is 0 Å². The molecule has 2 aromatic heterocycles. The molecule has 0 radical (unpaired) electrons. The standard InChI is InChI=1S/C20H23N5O/c1-15-6-5-9-18(22-15)21-12-16-10-11-25(13-16)14-19-23-24-20(26-19)17-7-3-2-4-8-17/h2-9,16H,10-14H2,1H3,(H,21,22)/t16-/m1/s1. The molecule has 0 amide bonds. The summed E-state index contributed by atoms with van der Waals surface area (Å²) >= 11 is 0. The summed E-state index contributed by atoms with van der Waals surface area (Å²) in [5, 5.41) is 11.8. The van der Waals surface area contributed by atoms with Gasteiger partial charge >= 0.3 is 0 Å². The number of aryl methyl sites for hydroxylation is 1. The predicted molar refractivity (Wildman–Crippen MR) is 101 cm³/mol. The van der Waals surface area contributed by atoms with Crippen LogP contribution in [0.2, 0.25) is 0 Å². The predicted octanol–water partition coefficient (Wildman–Crippen LogP) is 3.37. The van der Waals surface area contributed by atoms with E-state index in [1.165, 1.54) is 6.42 Å². The second-order valence-electron chi connectivity index (χ2n) is 6.80. The highest BCUT2D eigenvalue weighted by Crippen LogP contribution is 2.21. The van der Waals surface area contributed by atoms with E-state index in [1.54, 1.807) is 0 Å². The smallest absolute Gasteiger partial charge is 0.247 e. The Morgan fingerprint density at radius 2 is 2.00 bits per heavy atom. The Bertz CT molecular complexity index is 848. The van der Waals surface area contributed by atoms with E-state index in [1.807, 2.05) is 55.5 Å². The van der Waals surface area contributed by atoms with Crippen LogP contribution in [0.1, 0.15) is 18.0 Å². The molecule has 26 heavy (non-hydrogen) atoms. The summed E-state index contributed by atoms with van der Waals surface area (Å²) in [7, 11) is 0. The Morgan fingerprint density at radius 3 is 2.85 bits per heavy atom. The number of pyridine rings is 1. The third kappa shape index (κ3) is 4.08. The van der Waals surface area contributed by atoms with Gasteiger partial charge in [-0.2, -0.15) is 0 Å². The first kappa shape index (κ1) is 16.7. The van der Waals surface area contributed by atoms with Crippen molar-refractivity contribution in [1.29, 1.82) is 0 Å². The summed E-state index contributed by atoms with van der Waals surface area (Å²) in [6.07, 6.45) is 1.17. The molecule has 0 bridgehead atoms. The van der Waals surface area contributed by atoms with E-state index >= 15 is 0 Å². The molecule has 134 valence electrons. The van der Waals surface area contributed by atoms with Crippen molar-refractivity contribution in [3.8, 4) is 11.5 Å². The SMILES string of the molecule is Cc1cccc(NC[C@H]2CCN(Cc3nnc(-c4ccccc4)o3)C2)n1. The van der Waals surface area contributed by atoms with Gasteiger partial charge in [-0.1, -0.05) is 24.3 Å². The maximum atomic E-state index is 5.82. The Balaban J connectivity index is 1.29. The van der Waals surface area contributed by atoms with E-state index < -0.39 is 0 Å². The van der Waals surface area contributed by atoms with Crippen LogP contribution in [0, 0.1) is 12.8 Å². The van der Waals surface area contributed by atoms with Gasteiger partial charge in [0.2, 0.25) is 11.8 Å². The zero-order valence-corrected chi connectivity index (χ0v) is 14.9. The zero-order chi connectivity index (χ0) is 17.8. The number of hydrogen-bond donors (Lipinski definition) is 1. The summed E-state index contributed by atoms with van der Waals surface area (Å²) in [6, 6.07) is 15.9. The molecule has 3 heterocycles. The minimum Gasteiger partial charge on any atom is -0.419 e.